The number of hydrogen-bond acceptors (Lipinski definition) is 1. The molecule has 2 heteroatoms. The Labute approximate surface area is 67.9 Å². The van der Waals surface area contributed by atoms with Crippen molar-refractivity contribution in [3.63, 3.8) is 0 Å². The second-order valence-corrected chi connectivity index (χ2v) is 2.44. The highest BCUT2D eigenvalue weighted by Gasteiger charge is 1.93. The van der Waals surface area contributed by atoms with Crippen molar-refractivity contribution in [3.05, 3.63) is 30.1 Å². The lowest BCUT2D eigenvalue weighted by molar-refractivity contribution is 0.863. The van der Waals surface area contributed by atoms with E-state index in [0.717, 1.165) is 0 Å². The van der Waals surface area contributed by atoms with Crippen LogP contribution in [-0.4, -0.2) is 4.98 Å². The van der Waals surface area contributed by atoms with Crippen LogP contribution in [0.1, 0.15) is 25.3 Å². The molecule has 1 nitrogen and oxygen atoms in total. The summed E-state index contributed by atoms with van der Waals surface area (Å²) in [4.78, 5) is 3.93. The van der Waals surface area contributed by atoms with Crippen LogP contribution in [0.25, 0.3) is 0 Å². The van der Waals surface area contributed by atoms with E-state index >= 15 is 0 Å². The molecule has 0 aliphatic carbocycles. The Balaban J connectivity index is 0.000000810. The molecule has 0 spiro atoms. The van der Waals surface area contributed by atoms with Gasteiger partial charge in [-0.2, -0.15) is 0 Å². The minimum atomic E-state index is 0. The zero-order valence-corrected chi connectivity index (χ0v) is 7.06. The van der Waals surface area contributed by atoms with Gasteiger partial charge in [0.15, 0.2) is 0 Å². The second kappa shape index (κ2) is 4.29. The standard InChI is InChI=1S/C8H11N.ClH/c1-7(2)8-3-5-9-6-4-8;/h3-7H,1-2H3;1H. The fourth-order valence-electron chi connectivity index (χ4n) is 0.748. The average Bonchev–Trinajstić information content (AvgIpc) is 1.90. The van der Waals surface area contributed by atoms with Gasteiger partial charge in [-0.25, -0.2) is 0 Å². The first-order valence-electron chi connectivity index (χ1n) is 3.20. The third-order valence-electron chi connectivity index (χ3n) is 1.37. The molecule has 0 amide bonds. The molecule has 0 saturated heterocycles. The molecule has 1 heterocycles. The molecule has 0 radical (unpaired) electrons. The van der Waals surface area contributed by atoms with Crippen LogP contribution in [0.5, 0.6) is 0 Å². The van der Waals surface area contributed by atoms with Crippen LogP contribution < -0.4 is 0 Å². The van der Waals surface area contributed by atoms with Crippen molar-refractivity contribution in [1.29, 1.82) is 0 Å². The highest BCUT2D eigenvalue weighted by Crippen LogP contribution is 2.10. The fourth-order valence-corrected chi connectivity index (χ4v) is 0.748. The molecule has 1 aromatic heterocycles. The molecular weight excluding hydrogens is 146 g/mol. The minimum absolute atomic E-state index is 0. The molecule has 56 valence electrons. The van der Waals surface area contributed by atoms with Crippen LogP contribution in [-0.2, 0) is 0 Å². The van der Waals surface area contributed by atoms with Crippen LogP contribution in [0.4, 0.5) is 0 Å². The van der Waals surface area contributed by atoms with Crippen molar-refractivity contribution in [2.75, 3.05) is 0 Å². The molecule has 0 aromatic carbocycles. The first-order chi connectivity index (χ1) is 4.30. The van der Waals surface area contributed by atoms with Gasteiger partial charge in [-0.3, -0.25) is 4.98 Å². The molecule has 0 aliphatic heterocycles. The minimum Gasteiger partial charge on any atom is -0.265 e. The maximum absolute atomic E-state index is 3.93. The summed E-state index contributed by atoms with van der Waals surface area (Å²) in [5, 5.41) is 0. The van der Waals surface area contributed by atoms with E-state index in [9.17, 15) is 0 Å². The lowest BCUT2D eigenvalue weighted by atomic mass is 10.1. The van der Waals surface area contributed by atoms with Crippen LogP contribution >= 0.6 is 12.4 Å². The van der Waals surface area contributed by atoms with Crippen LogP contribution in [0.2, 0.25) is 0 Å². The van der Waals surface area contributed by atoms with Gasteiger partial charge in [-0.15, -0.1) is 12.4 Å². The third kappa shape index (κ3) is 2.36. The molecule has 0 bridgehead atoms. The van der Waals surface area contributed by atoms with Crippen molar-refractivity contribution in [2.24, 2.45) is 0 Å². The van der Waals surface area contributed by atoms with Crippen LogP contribution in [0.3, 0.4) is 0 Å². The fraction of sp³-hybridized carbons (Fsp3) is 0.375. The van der Waals surface area contributed by atoms with Gasteiger partial charge in [0.1, 0.15) is 0 Å². The predicted molar refractivity (Wildman–Crippen MR) is 45.6 cm³/mol. The van der Waals surface area contributed by atoms with Gasteiger partial charge in [0.25, 0.3) is 0 Å². The normalized spacial score (nSPS) is 9.10. The van der Waals surface area contributed by atoms with Crippen molar-refractivity contribution < 1.29 is 0 Å². The summed E-state index contributed by atoms with van der Waals surface area (Å²) in [7, 11) is 0. The number of pyridine rings is 1. The molecule has 10 heavy (non-hydrogen) atoms. The maximum Gasteiger partial charge on any atom is 0.0270 e. The van der Waals surface area contributed by atoms with Crippen molar-refractivity contribution in [2.45, 2.75) is 19.8 Å². The Morgan fingerprint density at radius 2 is 1.70 bits per heavy atom. The zero-order chi connectivity index (χ0) is 6.69. The third-order valence-corrected chi connectivity index (χ3v) is 1.37. The number of aromatic nitrogens is 1. The smallest absolute Gasteiger partial charge is 0.0270 e. The lowest BCUT2D eigenvalue weighted by Gasteiger charge is -2.01. The molecule has 0 unspecified atom stereocenters. The molecule has 0 fully saturated rings. The summed E-state index contributed by atoms with van der Waals surface area (Å²) in [5.41, 5.74) is 1.35. The molecule has 1 aromatic rings. The van der Waals surface area contributed by atoms with Crippen LogP contribution in [0, 0.1) is 0 Å². The lowest BCUT2D eigenvalue weighted by Crippen LogP contribution is -1.85. The van der Waals surface area contributed by atoms with E-state index in [4.69, 9.17) is 0 Å². The van der Waals surface area contributed by atoms with E-state index in [1.165, 1.54) is 5.56 Å². The molecular formula is C8H12ClN. The van der Waals surface area contributed by atoms with Gasteiger partial charge >= 0.3 is 0 Å². The summed E-state index contributed by atoms with van der Waals surface area (Å²) in [5.74, 6) is 0.619. The molecule has 0 aliphatic rings. The molecule has 1 rings (SSSR count). The van der Waals surface area contributed by atoms with E-state index in [2.05, 4.69) is 18.8 Å². The highest BCUT2D eigenvalue weighted by molar-refractivity contribution is 5.85. The summed E-state index contributed by atoms with van der Waals surface area (Å²) in [6, 6.07) is 4.09. The summed E-state index contributed by atoms with van der Waals surface area (Å²) >= 11 is 0. The Hall–Kier alpha value is -0.560. The van der Waals surface area contributed by atoms with Gasteiger partial charge in [0, 0.05) is 12.4 Å². The van der Waals surface area contributed by atoms with E-state index < -0.39 is 0 Å². The summed E-state index contributed by atoms with van der Waals surface area (Å²) < 4.78 is 0. The quantitative estimate of drug-likeness (QED) is 0.611. The second-order valence-electron chi connectivity index (χ2n) is 2.44. The molecule has 0 atom stereocenters. The predicted octanol–water partition coefficient (Wildman–Crippen LogP) is 2.63. The van der Waals surface area contributed by atoms with E-state index in [-0.39, 0.29) is 12.4 Å². The van der Waals surface area contributed by atoms with Gasteiger partial charge in [-0.05, 0) is 23.6 Å². The van der Waals surface area contributed by atoms with E-state index in [1.54, 1.807) is 0 Å². The van der Waals surface area contributed by atoms with Gasteiger partial charge in [-0.1, -0.05) is 13.8 Å². The first-order valence-corrected chi connectivity index (χ1v) is 3.20. The van der Waals surface area contributed by atoms with Gasteiger partial charge < -0.3 is 0 Å². The zero-order valence-electron chi connectivity index (χ0n) is 6.24. The number of rotatable bonds is 1. The van der Waals surface area contributed by atoms with Crippen LogP contribution in [0.15, 0.2) is 24.5 Å². The number of halogens is 1. The van der Waals surface area contributed by atoms with Crippen molar-refractivity contribution >= 4 is 12.4 Å². The summed E-state index contributed by atoms with van der Waals surface area (Å²) in [6.07, 6.45) is 3.66. The monoisotopic (exact) mass is 157 g/mol. The van der Waals surface area contributed by atoms with E-state index in [0.29, 0.717) is 5.92 Å². The summed E-state index contributed by atoms with van der Waals surface area (Å²) in [6.45, 7) is 4.35. The topological polar surface area (TPSA) is 12.9 Å². The maximum atomic E-state index is 3.93. The molecule has 0 saturated carbocycles. The molecule has 0 N–H and O–H groups in total. The largest absolute Gasteiger partial charge is 0.265 e. The van der Waals surface area contributed by atoms with E-state index in [1.807, 2.05) is 24.5 Å². The van der Waals surface area contributed by atoms with Gasteiger partial charge in [0.05, 0.1) is 0 Å². The first kappa shape index (κ1) is 9.44. The Morgan fingerprint density at radius 3 is 2.00 bits per heavy atom. The Bertz CT molecular complexity index is 172. The Kier molecular flexibility index (Phi) is 4.05. The average molecular weight is 158 g/mol. The Morgan fingerprint density at radius 1 is 1.20 bits per heavy atom. The van der Waals surface area contributed by atoms with Crippen molar-refractivity contribution in [3.8, 4) is 0 Å². The number of hydrogen-bond donors (Lipinski definition) is 0. The van der Waals surface area contributed by atoms with Gasteiger partial charge in [0.2, 0.25) is 0 Å². The SMILES string of the molecule is CC(C)c1ccncc1.Cl. The number of nitrogens with zero attached hydrogens (tertiary/aromatic N) is 1. The van der Waals surface area contributed by atoms with Crippen molar-refractivity contribution in [1.82, 2.24) is 4.98 Å². The highest BCUT2D eigenvalue weighted by atomic mass is 35.5.